The number of ether oxygens (including phenoxy) is 3. The van der Waals surface area contributed by atoms with Crippen LogP contribution in [0, 0.1) is 5.92 Å². The van der Waals surface area contributed by atoms with Gasteiger partial charge in [0.1, 0.15) is 0 Å². The number of fused-ring (bicyclic) bond motifs is 1. The predicted octanol–water partition coefficient (Wildman–Crippen LogP) is 1.73. The highest BCUT2D eigenvalue weighted by Gasteiger charge is 2.51. The molecule has 3 atom stereocenters. The lowest BCUT2D eigenvalue weighted by Crippen LogP contribution is -2.50. The van der Waals surface area contributed by atoms with Crippen molar-refractivity contribution in [3.63, 3.8) is 0 Å². The molecule has 8 nitrogen and oxygen atoms in total. The molecule has 0 spiro atoms. The van der Waals surface area contributed by atoms with Crippen LogP contribution in [0.2, 0.25) is 0 Å². The van der Waals surface area contributed by atoms with Gasteiger partial charge in [0.25, 0.3) is 5.56 Å². The zero-order valence-electron chi connectivity index (χ0n) is 16.7. The Kier molecular flexibility index (Phi) is 5.25. The van der Waals surface area contributed by atoms with E-state index in [1.54, 1.807) is 39.0 Å². The average molecular weight is 390 g/mol. The van der Waals surface area contributed by atoms with Crippen molar-refractivity contribution >= 4 is 5.97 Å². The van der Waals surface area contributed by atoms with Crippen LogP contribution in [-0.4, -0.2) is 47.2 Å². The molecule has 1 aliphatic carbocycles. The predicted molar refractivity (Wildman–Crippen MR) is 102 cm³/mol. The number of aliphatic hydroxyl groups is 1. The molecule has 0 amide bonds. The van der Waals surface area contributed by atoms with E-state index < -0.39 is 23.4 Å². The van der Waals surface area contributed by atoms with Crippen molar-refractivity contribution in [1.29, 1.82) is 0 Å². The fourth-order valence-electron chi connectivity index (χ4n) is 3.97. The number of carbonyl (C=O) groups excluding carboxylic acids is 1. The van der Waals surface area contributed by atoms with Gasteiger partial charge < -0.3 is 24.4 Å². The second-order valence-corrected chi connectivity index (χ2v) is 7.56. The Morgan fingerprint density at radius 3 is 2.50 bits per heavy atom. The van der Waals surface area contributed by atoms with Gasteiger partial charge in [0, 0.05) is 23.6 Å². The quantitative estimate of drug-likeness (QED) is 0.670. The third-order valence-corrected chi connectivity index (χ3v) is 5.12. The topological polar surface area (TPSA) is 114 Å². The van der Waals surface area contributed by atoms with Gasteiger partial charge in [0.15, 0.2) is 11.5 Å². The van der Waals surface area contributed by atoms with Crippen molar-refractivity contribution < 1.29 is 24.1 Å². The first-order valence-corrected chi connectivity index (χ1v) is 9.13. The van der Waals surface area contributed by atoms with Crippen molar-refractivity contribution in [3.05, 3.63) is 45.4 Å². The van der Waals surface area contributed by atoms with Crippen LogP contribution in [0.15, 0.2) is 23.0 Å². The molecule has 0 unspecified atom stereocenters. The summed E-state index contributed by atoms with van der Waals surface area (Å²) < 4.78 is 16.1. The first-order valence-electron chi connectivity index (χ1n) is 9.13. The number of esters is 1. The Labute approximate surface area is 162 Å². The standard InChI is InChI=1S/C20H26N2O6/c1-10(2)28-19(24)17-15(11-6-7-13(26-4)14(8-11)27-5)16-12(9-20(17,3)25)21-22-18(16)23/h6-8,10,15,17,25H,9H2,1-5H3,(H2,21,22,23)/t15-,17+,20+/m1/s1. The van der Waals surface area contributed by atoms with Crippen LogP contribution in [0.1, 0.15) is 43.5 Å². The molecule has 0 saturated heterocycles. The highest BCUT2D eigenvalue weighted by molar-refractivity contribution is 5.77. The molecule has 2 aromatic rings. The van der Waals surface area contributed by atoms with Crippen molar-refractivity contribution in [3.8, 4) is 11.5 Å². The summed E-state index contributed by atoms with van der Waals surface area (Å²) in [5, 5.41) is 16.5. The molecular formula is C20H26N2O6. The number of hydrogen-bond acceptors (Lipinski definition) is 6. The van der Waals surface area contributed by atoms with Crippen LogP contribution in [0.25, 0.3) is 0 Å². The smallest absolute Gasteiger partial charge is 0.313 e. The number of aromatic amines is 2. The molecule has 152 valence electrons. The van der Waals surface area contributed by atoms with Gasteiger partial charge >= 0.3 is 5.97 Å². The van der Waals surface area contributed by atoms with E-state index in [9.17, 15) is 14.7 Å². The van der Waals surface area contributed by atoms with Crippen LogP contribution in [0.4, 0.5) is 0 Å². The highest BCUT2D eigenvalue weighted by Crippen LogP contribution is 2.46. The minimum absolute atomic E-state index is 0.128. The van der Waals surface area contributed by atoms with Crippen LogP contribution in [0.3, 0.4) is 0 Å². The molecule has 3 rings (SSSR count). The number of aromatic nitrogens is 2. The minimum Gasteiger partial charge on any atom is -0.493 e. The third-order valence-electron chi connectivity index (χ3n) is 5.12. The lowest BCUT2D eigenvalue weighted by molar-refractivity contribution is -0.163. The summed E-state index contributed by atoms with van der Waals surface area (Å²) in [5.74, 6) is -1.23. The Morgan fingerprint density at radius 1 is 1.21 bits per heavy atom. The lowest BCUT2D eigenvalue weighted by atomic mass is 9.66. The van der Waals surface area contributed by atoms with E-state index in [2.05, 4.69) is 10.2 Å². The van der Waals surface area contributed by atoms with Crippen LogP contribution < -0.4 is 15.0 Å². The van der Waals surface area contributed by atoms with Gasteiger partial charge in [0.2, 0.25) is 0 Å². The Balaban J connectivity index is 2.21. The molecule has 1 aromatic heterocycles. The van der Waals surface area contributed by atoms with Crippen molar-refractivity contribution in [2.45, 2.75) is 44.8 Å². The van der Waals surface area contributed by atoms with Crippen LogP contribution >= 0.6 is 0 Å². The Bertz CT molecular complexity index is 927. The van der Waals surface area contributed by atoms with Gasteiger partial charge in [-0.05, 0) is 38.5 Å². The van der Waals surface area contributed by atoms with E-state index in [0.29, 0.717) is 28.3 Å². The fraction of sp³-hybridized carbons (Fsp3) is 0.500. The Morgan fingerprint density at radius 2 is 1.89 bits per heavy atom. The first-order chi connectivity index (χ1) is 13.2. The molecule has 0 fully saturated rings. The normalized spacial score (nSPS) is 24.0. The minimum atomic E-state index is -1.41. The lowest BCUT2D eigenvalue weighted by Gasteiger charge is -2.40. The molecule has 28 heavy (non-hydrogen) atoms. The highest BCUT2D eigenvalue weighted by atomic mass is 16.5. The fourth-order valence-corrected chi connectivity index (χ4v) is 3.97. The summed E-state index contributed by atoms with van der Waals surface area (Å²) in [6, 6.07) is 5.19. The average Bonchev–Trinajstić information content (AvgIpc) is 2.98. The molecular weight excluding hydrogens is 364 g/mol. The maximum atomic E-state index is 13.0. The number of methoxy groups -OCH3 is 2. The summed E-state index contributed by atoms with van der Waals surface area (Å²) in [6.07, 6.45) is -0.219. The second kappa shape index (κ2) is 7.35. The van der Waals surface area contributed by atoms with E-state index in [4.69, 9.17) is 14.2 Å². The number of carbonyl (C=O) groups is 1. The molecule has 3 N–H and O–H groups in total. The van der Waals surface area contributed by atoms with Gasteiger partial charge in [-0.25, -0.2) is 0 Å². The van der Waals surface area contributed by atoms with Crippen LogP contribution in [0.5, 0.6) is 11.5 Å². The zero-order chi connectivity index (χ0) is 20.6. The molecule has 0 aliphatic heterocycles. The zero-order valence-corrected chi connectivity index (χ0v) is 16.7. The number of rotatable bonds is 5. The first kappa shape index (κ1) is 20.0. The van der Waals surface area contributed by atoms with Crippen molar-refractivity contribution in [2.24, 2.45) is 5.92 Å². The summed E-state index contributed by atoms with van der Waals surface area (Å²) in [5.41, 5.74) is -0.0998. The molecule has 0 saturated carbocycles. The van der Waals surface area contributed by atoms with E-state index in [0.717, 1.165) is 0 Å². The van der Waals surface area contributed by atoms with Gasteiger partial charge in [-0.15, -0.1) is 0 Å². The monoisotopic (exact) mass is 390 g/mol. The van der Waals surface area contributed by atoms with Crippen LogP contribution in [-0.2, 0) is 16.0 Å². The number of nitrogens with one attached hydrogen (secondary N) is 2. The largest absolute Gasteiger partial charge is 0.493 e. The van der Waals surface area contributed by atoms with E-state index >= 15 is 0 Å². The number of hydrogen-bond donors (Lipinski definition) is 3. The van der Waals surface area contributed by atoms with E-state index in [-0.39, 0.29) is 18.1 Å². The number of benzene rings is 1. The maximum Gasteiger partial charge on any atom is 0.313 e. The SMILES string of the molecule is COc1ccc([C@@H]2c3c([nH][nH]c3=O)C[C@](C)(O)[C@@H]2C(=O)OC(C)C)cc1OC. The van der Waals surface area contributed by atoms with Gasteiger partial charge in [-0.1, -0.05) is 6.07 Å². The summed E-state index contributed by atoms with van der Waals surface area (Å²) in [7, 11) is 3.04. The summed E-state index contributed by atoms with van der Waals surface area (Å²) in [6.45, 7) is 5.08. The maximum absolute atomic E-state index is 13.0. The summed E-state index contributed by atoms with van der Waals surface area (Å²) in [4.78, 5) is 25.5. The van der Waals surface area contributed by atoms with Crippen molar-refractivity contribution in [2.75, 3.05) is 14.2 Å². The molecule has 1 aliphatic rings. The Hall–Kier alpha value is -2.74. The third kappa shape index (κ3) is 3.40. The molecule has 1 heterocycles. The molecule has 0 bridgehead atoms. The molecule has 8 heteroatoms. The van der Waals surface area contributed by atoms with E-state index in [1.807, 2.05) is 0 Å². The van der Waals surface area contributed by atoms with Gasteiger partial charge in [-0.3, -0.25) is 14.7 Å². The second-order valence-electron chi connectivity index (χ2n) is 7.56. The van der Waals surface area contributed by atoms with Gasteiger partial charge in [-0.2, -0.15) is 0 Å². The molecule has 0 radical (unpaired) electrons. The van der Waals surface area contributed by atoms with Crippen molar-refractivity contribution in [1.82, 2.24) is 10.2 Å². The van der Waals surface area contributed by atoms with E-state index in [1.165, 1.54) is 14.2 Å². The summed E-state index contributed by atoms with van der Waals surface area (Å²) >= 11 is 0. The van der Waals surface area contributed by atoms with Gasteiger partial charge in [0.05, 0.1) is 31.8 Å². The molecule has 1 aromatic carbocycles. The number of H-pyrrole nitrogens is 2.